The standard InChI is InChI=1S/C12H9ClO5/c1-6-8-3-2-7(17-5-10(14)15)4-9(8)18-12(16)11(6)13/h2-4H,5H2,1H3,(H,14,15)/p-1. The molecule has 0 aliphatic carbocycles. The van der Waals surface area contributed by atoms with Crippen LogP contribution in [0, 0.1) is 6.92 Å². The Labute approximate surface area is 107 Å². The highest BCUT2D eigenvalue weighted by atomic mass is 35.5. The van der Waals surface area contributed by atoms with Gasteiger partial charge in [0.1, 0.15) is 23.0 Å². The highest BCUT2D eigenvalue weighted by Crippen LogP contribution is 2.25. The highest BCUT2D eigenvalue weighted by Gasteiger charge is 2.09. The first kappa shape index (κ1) is 12.4. The summed E-state index contributed by atoms with van der Waals surface area (Å²) in [6, 6.07) is 4.64. The van der Waals surface area contributed by atoms with Gasteiger partial charge in [-0.05, 0) is 24.6 Å². The van der Waals surface area contributed by atoms with E-state index in [-0.39, 0.29) is 16.4 Å². The van der Waals surface area contributed by atoms with E-state index in [1.54, 1.807) is 19.1 Å². The fraction of sp³-hybridized carbons (Fsp3) is 0.167. The first-order chi connectivity index (χ1) is 8.49. The predicted octanol–water partition coefficient (Wildman–Crippen LogP) is 0.884. The number of benzene rings is 1. The van der Waals surface area contributed by atoms with Crippen molar-refractivity contribution in [1.82, 2.24) is 0 Å². The molecule has 2 aromatic rings. The Morgan fingerprint density at radius 3 is 2.89 bits per heavy atom. The third-order valence-corrected chi connectivity index (χ3v) is 2.86. The third kappa shape index (κ3) is 2.31. The normalized spacial score (nSPS) is 10.6. The fourth-order valence-electron chi connectivity index (χ4n) is 1.54. The van der Waals surface area contributed by atoms with Gasteiger partial charge in [-0.15, -0.1) is 0 Å². The SMILES string of the molecule is Cc1c(Cl)c(=O)oc2cc(OCC(=O)[O-])ccc12. The largest absolute Gasteiger partial charge is 0.546 e. The Morgan fingerprint density at radius 2 is 2.22 bits per heavy atom. The van der Waals surface area contributed by atoms with Gasteiger partial charge in [-0.3, -0.25) is 0 Å². The summed E-state index contributed by atoms with van der Waals surface area (Å²) >= 11 is 5.78. The second-order valence-electron chi connectivity index (χ2n) is 3.65. The molecule has 0 unspecified atom stereocenters. The molecule has 0 saturated carbocycles. The Kier molecular flexibility index (Phi) is 3.25. The van der Waals surface area contributed by atoms with Gasteiger partial charge in [-0.25, -0.2) is 4.79 Å². The lowest BCUT2D eigenvalue weighted by molar-refractivity contribution is -0.307. The number of aryl methyl sites for hydroxylation is 1. The van der Waals surface area contributed by atoms with Crippen molar-refractivity contribution in [2.24, 2.45) is 0 Å². The van der Waals surface area contributed by atoms with Crippen LogP contribution in [0.25, 0.3) is 11.0 Å². The number of ether oxygens (including phenoxy) is 1. The number of carboxylic acids is 1. The highest BCUT2D eigenvalue weighted by molar-refractivity contribution is 6.31. The van der Waals surface area contributed by atoms with Gasteiger partial charge in [-0.1, -0.05) is 11.6 Å². The summed E-state index contributed by atoms with van der Waals surface area (Å²) in [6.07, 6.45) is 0. The number of halogens is 1. The molecule has 0 aliphatic heterocycles. The lowest BCUT2D eigenvalue weighted by Gasteiger charge is -2.08. The molecular weight excluding hydrogens is 260 g/mol. The molecule has 18 heavy (non-hydrogen) atoms. The summed E-state index contributed by atoms with van der Waals surface area (Å²) in [5.74, 6) is -1.06. The van der Waals surface area contributed by atoms with Gasteiger partial charge < -0.3 is 19.1 Å². The molecule has 1 aromatic carbocycles. The van der Waals surface area contributed by atoms with Crippen molar-refractivity contribution in [2.45, 2.75) is 6.92 Å². The summed E-state index contributed by atoms with van der Waals surface area (Å²) in [6.45, 7) is 1.13. The molecule has 1 heterocycles. The Hall–Kier alpha value is -2.01. The van der Waals surface area contributed by atoms with Crippen LogP contribution in [0.5, 0.6) is 5.75 Å². The van der Waals surface area contributed by atoms with Crippen molar-refractivity contribution in [3.8, 4) is 5.75 Å². The number of rotatable bonds is 3. The molecular formula is C12H8ClO5-. The van der Waals surface area contributed by atoms with Crippen LogP contribution in [0.3, 0.4) is 0 Å². The molecule has 0 saturated heterocycles. The maximum atomic E-state index is 11.4. The second-order valence-corrected chi connectivity index (χ2v) is 4.03. The predicted molar refractivity (Wildman–Crippen MR) is 62.7 cm³/mol. The Morgan fingerprint density at radius 1 is 1.50 bits per heavy atom. The summed E-state index contributed by atoms with van der Waals surface area (Å²) in [4.78, 5) is 21.6. The summed E-state index contributed by atoms with van der Waals surface area (Å²) in [7, 11) is 0. The van der Waals surface area contributed by atoms with Gasteiger partial charge in [0, 0.05) is 11.5 Å². The molecule has 94 valence electrons. The van der Waals surface area contributed by atoms with Crippen molar-refractivity contribution in [3.63, 3.8) is 0 Å². The smallest absolute Gasteiger partial charge is 0.355 e. The van der Waals surface area contributed by atoms with E-state index in [9.17, 15) is 14.7 Å². The van der Waals surface area contributed by atoms with Crippen molar-refractivity contribution >= 4 is 28.5 Å². The van der Waals surface area contributed by atoms with Gasteiger partial charge in [-0.2, -0.15) is 0 Å². The lowest BCUT2D eigenvalue weighted by atomic mass is 10.1. The van der Waals surface area contributed by atoms with Crippen molar-refractivity contribution < 1.29 is 19.1 Å². The molecule has 5 nitrogen and oxygen atoms in total. The molecule has 0 N–H and O–H groups in total. The van der Waals surface area contributed by atoms with Crippen LogP contribution in [0.4, 0.5) is 0 Å². The van der Waals surface area contributed by atoms with Gasteiger partial charge in [0.05, 0.1) is 5.97 Å². The van der Waals surface area contributed by atoms with Gasteiger partial charge >= 0.3 is 5.63 Å². The zero-order chi connectivity index (χ0) is 13.3. The minimum atomic E-state index is -1.33. The first-order valence-electron chi connectivity index (χ1n) is 5.04. The average Bonchev–Trinajstić information content (AvgIpc) is 2.33. The zero-order valence-corrected chi connectivity index (χ0v) is 10.1. The van der Waals surface area contributed by atoms with E-state index in [4.69, 9.17) is 20.8 Å². The molecule has 6 heteroatoms. The summed E-state index contributed by atoms with van der Waals surface area (Å²) in [5.41, 5.74) is 0.255. The molecule has 0 aliphatic rings. The van der Waals surface area contributed by atoms with Crippen LogP contribution in [0.2, 0.25) is 5.02 Å². The van der Waals surface area contributed by atoms with E-state index in [0.717, 1.165) is 0 Å². The fourth-order valence-corrected chi connectivity index (χ4v) is 1.69. The number of hydrogen-bond donors (Lipinski definition) is 0. The van der Waals surface area contributed by atoms with Crippen LogP contribution in [0.15, 0.2) is 27.4 Å². The molecule has 0 fully saturated rings. The molecule has 0 spiro atoms. The van der Waals surface area contributed by atoms with Gasteiger partial charge in [0.25, 0.3) is 0 Å². The maximum absolute atomic E-state index is 11.4. The second kappa shape index (κ2) is 4.70. The lowest BCUT2D eigenvalue weighted by Crippen LogP contribution is -2.28. The first-order valence-corrected chi connectivity index (χ1v) is 5.42. The van der Waals surface area contributed by atoms with E-state index in [2.05, 4.69) is 0 Å². The van der Waals surface area contributed by atoms with Crippen LogP contribution < -0.4 is 15.5 Å². The van der Waals surface area contributed by atoms with E-state index < -0.39 is 18.2 Å². The number of hydrogen-bond acceptors (Lipinski definition) is 5. The van der Waals surface area contributed by atoms with Crippen LogP contribution in [-0.4, -0.2) is 12.6 Å². The van der Waals surface area contributed by atoms with E-state index >= 15 is 0 Å². The topological polar surface area (TPSA) is 79.6 Å². The van der Waals surface area contributed by atoms with E-state index in [0.29, 0.717) is 10.9 Å². The number of fused-ring (bicyclic) bond motifs is 1. The van der Waals surface area contributed by atoms with Crippen molar-refractivity contribution in [2.75, 3.05) is 6.61 Å². The number of carbonyl (C=O) groups is 1. The monoisotopic (exact) mass is 267 g/mol. The van der Waals surface area contributed by atoms with E-state index in [1.807, 2.05) is 0 Å². The maximum Gasteiger partial charge on any atom is 0.355 e. The third-order valence-electron chi connectivity index (χ3n) is 2.42. The van der Waals surface area contributed by atoms with E-state index in [1.165, 1.54) is 6.07 Å². The van der Waals surface area contributed by atoms with Crippen molar-refractivity contribution in [1.29, 1.82) is 0 Å². The number of carbonyl (C=O) groups excluding carboxylic acids is 1. The van der Waals surface area contributed by atoms with Crippen LogP contribution in [-0.2, 0) is 4.79 Å². The minimum Gasteiger partial charge on any atom is -0.546 e. The van der Waals surface area contributed by atoms with Crippen LogP contribution in [0.1, 0.15) is 5.56 Å². The molecule has 1 aromatic heterocycles. The minimum absolute atomic E-state index is 0.0332. The number of carboxylic acid groups (broad SMARTS) is 1. The van der Waals surface area contributed by atoms with Gasteiger partial charge in [0.15, 0.2) is 0 Å². The molecule has 2 rings (SSSR count). The zero-order valence-electron chi connectivity index (χ0n) is 9.36. The molecule has 0 radical (unpaired) electrons. The number of aliphatic carboxylic acids is 1. The Bertz CT molecular complexity index is 674. The molecule has 0 bridgehead atoms. The molecule has 0 amide bonds. The molecule has 0 atom stereocenters. The Balaban J connectivity index is 2.49. The summed E-state index contributed by atoms with van der Waals surface area (Å²) in [5, 5.41) is 11.0. The summed E-state index contributed by atoms with van der Waals surface area (Å²) < 4.78 is 9.92. The van der Waals surface area contributed by atoms with Crippen molar-refractivity contribution in [3.05, 3.63) is 39.2 Å². The van der Waals surface area contributed by atoms with Gasteiger partial charge in [0.2, 0.25) is 0 Å². The average molecular weight is 268 g/mol. The quantitative estimate of drug-likeness (QED) is 0.772. The van der Waals surface area contributed by atoms with Crippen LogP contribution >= 0.6 is 11.6 Å².